The number of halogens is 1. The number of nitrogens with two attached hydrogens (primary N) is 1. The molecule has 1 heterocycles. The molecule has 2 rings (SSSR count). The topological polar surface area (TPSA) is 68.3 Å². The van der Waals surface area contributed by atoms with Gasteiger partial charge in [0.15, 0.2) is 0 Å². The minimum atomic E-state index is -0.272. The minimum Gasteiger partial charge on any atom is -0.466 e. The quantitative estimate of drug-likeness (QED) is 0.823. The minimum absolute atomic E-state index is 0.272. The standard InChI is InChI=1S/C14H15ClN2O2/c1-7-8(2)19-9(3)12(7)14(18)17-13-10(15)5-4-6-11(13)16/h4-6H,16H2,1-3H3,(H,17,18). The number of nitrogen functional groups attached to an aromatic ring is 1. The van der Waals surface area contributed by atoms with Gasteiger partial charge in [0.25, 0.3) is 5.91 Å². The van der Waals surface area contributed by atoms with Gasteiger partial charge in [-0.15, -0.1) is 0 Å². The molecule has 1 aromatic heterocycles. The predicted octanol–water partition coefficient (Wildman–Crippen LogP) is 3.69. The van der Waals surface area contributed by atoms with Gasteiger partial charge in [0.05, 0.1) is 22.0 Å². The highest BCUT2D eigenvalue weighted by molar-refractivity contribution is 6.34. The number of carbonyl (C=O) groups excluding carboxylic acids is 1. The highest BCUT2D eigenvalue weighted by atomic mass is 35.5. The molecule has 4 nitrogen and oxygen atoms in total. The summed E-state index contributed by atoms with van der Waals surface area (Å²) in [6, 6.07) is 5.08. The molecule has 0 spiro atoms. The number of nitrogens with one attached hydrogen (secondary N) is 1. The van der Waals surface area contributed by atoms with Gasteiger partial charge in [0.2, 0.25) is 0 Å². The van der Waals surface area contributed by atoms with E-state index in [1.54, 1.807) is 25.1 Å². The summed E-state index contributed by atoms with van der Waals surface area (Å²) in [5, 5.41) is 3.14. The van der Waals surface area contributed by atoms with Crippen LogP contribution in [0.2, 0.25) is 5.02 Å². The van der Waals surface area contributed by atoms with E-state index in [0.29, 0.717) is 27.7 Å². The molecule has 0 bridgehead atoms. The van der Waals surface area contributed by atoms with E-state index >= 15 is 0 Å². The van der Waals surface area contributed by atoms with Crippen molar-refractivity contribution in [2.24, 2.45) is 0 Å². The van der Waals surface area contributed by atoms with E-state index in [1.807, 2.05) is 13.8 Å². The third kappa shape index (κ3) is 2.44. The zero-order chi connectivity index (χ0) is 14.2. The molecule has 19 heavy (non-hydrogen) atoms. The Bertz CT molecular complexity index is 627. The zero-order valence-corrected chi connectivity index (χ0v) is 11.8. The summed E-state index contributed by atoms with van der Waals surface area (Å²) in [5.41, 5.74) is 8.00. The third-order valence-corrected chi connectivity index (χ3v) is 3.39. The van der Waals surface area contributed by atoms with Gasteiger partial charge in [0.1, 0.15) is 11.5 Å². The number of hydrogen-bond donors (Lipinski definition) is 2. The van der Waals surface area contributed by atoms with Crippen molar-refractivity contribution in [1.29, 1.82) is 0 Å². The number of anilines is 2. The number of para-hydroxylation sites is 1. The van der Waals surface area contributed by atoms with Crippen molar-refractivity contribution < 1.29 is 9.21 Å². The van der Waals surface area contributed by atoms with E-state index in [-0.39, 0.29) is 5.91 Å². The highest BCUT2D eigenvalue weighted by Crippen LogP contribution is 2.29. The molecule has 0 saturated heterocycles. The summed E-state index contributed by atoms with van der Waals surface area (Å²) >= 11 is 6.03. The zero-order valence-electron chi connectivity index (χ0n) is 11.0. The van der Waals surface area contributed by atoms with Crippen LogP contribution in [-0.4, -0.2) is 5.91 Å². The number of benzene rings is 1. The fourth-order valence-electron chi connectivity index (χ4n) is 1.98. The number of carbonyl (C=O) groups is 1. The van der Waals surface area contributed by atoms with E-state index in [9.17, 15) is 4.79 Å². The van der Waals surface area contributed by atoms with Gasteiger partial charge in [-0.1, -0.05) is 17.7 Å². The molecule has 0 atom stereocenters. The molecule has 100 valence electrons. The Morgan fingerprint density at radius 3 is 2.47 bits per heavy atom. The van der Waals surface area contributed by atoms with Crippen molar-refractivity contribution in [3.05, 3.63) is 45.9 Å². The summed E-state index contributed by atoms with van der Waals surface area (Å²) in [5.74, 6) is 1.04. The molecule has 0 aliphatic rings. The summed E-state index contributed by atoms with van der Waals surface area (Å²) in [6.45, 7) is 5.42. The molecule has 0 radical (unpaired) electrons. The van der Waals surface area contributed by atoms with Crippen LogP contribution >= 0.6 is 11.6 Å². The molecule has 0 unspecified atom stereocenters. The Labute approximate surface area is 116 Å². The summed E-state index contributed by atoms with van der Waals surface area (Å²) in [6.07, 6.45) is 0. The molecule has 1 amide bonds. The largest absolute Gasteiger partial charge is 0.466 e. The lowest BCUT2D eigenvalue weighted by molar-refractivity contribution is 0.102. The van der Waals surface area contributed by atoms with Crippen LogP contribution in [0.3, 0.4) is 0 Å². The van der Waals surface area contributed by atoms with Crippen LogP contribution in [0.25, 0.3) is 0 Å². The molecular formula is C14H15ClN2O2. The summed E-state index contributed by atoms with van der Waals surface area (Å²) < 4.78 is 5.44. The van der Waals surface area contributed by atoms with Gasteiger partial charge in [-0.25, -0.2) is 0 Å². The lowest BCUT2D eigenvalue weighted by atomic mass is 10.1. The molecule has 5 heteroatoms. The van der Waals surface area contributed by atoms with E-state index in [0.717, 1.165) is 11.3 Å². The fourth-order valence-corrected chi connectivity index (χ4v) is 2.21. The number of amides is 1. The molecule has 0 aliphatic carbocycles. The van der Waals surface area contributed by atoms with Crippen LogP contribution in [0.15, 0.2) is 22.6 Å². The van der Waals surface area contributed by atoms with Gasteiger partial charge in [-0.2, -0.15) is 0 Å². The van der Waals surface area contributed by atoms with Crippen LogP contribution in [0.1, 0.15) is 27.4 Å². The second-order valence-electron chi connectivity index (χ2n) is 4.37. The van der Waals surface area contributed by atoms with Crippen LogP contribution in [0.4, 0.5) is 11.4 Å². The molecule has 0 saturated carbocycles. The van der Waals surface area contributed by atoms with Crippen molar-refractivity contribution in [2.75, 3.05) is 11.1 Å². The van der Waals surface area contributed by atoms with Crippen molar-refractivity contribution in [1.82, 2.24) is 0 Å². The van der Waals surface area contributed by atoms with Gasteiger partial charge in [-0.05, 0) is 32.9 Å². The van der Waals surface area contributed by atoms with Crippen LogP contribution in [-0.2, 0) is 0 Å². The Kier molecular flexibility index (Phi) is 3.53. The van der Waals surface area contributed by atoms with Gasteiger partial charge in [-0.3, -0.25) is 4.79 Å². The van der Waals surface area contributed by atoms with Crippen molar-refractivity contribution >= 4 is 28.9 Å². The summed E-state index contributed by atoms with van der Waals surface area (Å²) in [7, 11) is 0. The second kappa shape index (κ2) is 4.97. The summed E-state index contributed by atoms with van der Waals surface area (Å²) in [4.78, 5) is 12.3. The molecule has 3 N–H and O–H groups in total. The van der Waals surface area contributed by atoms with Gasteiger partial charge >= 0.3 is 0 Å². The molecule has 2 aromatic rings. The van der Waals surface area contributed by atoms with E-state index < -0.39 is 0 Å². The first-order valence-electron chi connectivity index (χ1n) is 5.83. The monoisotopic (exact) mass is 278 g/mol. The Morgan fingerprint density at radius 2 is 1.95 bits per heavy atom. The number of rotatable bonds is 2. The van der Waals surface area contributed by atoms with Crippen LogP contribution in [0.5, 0.6) is 0 Å². The fraction of sp³-hybridized carbons (Fsp3) is 0.214. The first kappa shape index (κ1) is 13.5. The van der Waals surface area contributed by atoms with E-state index in [1.165, 1.54) is 0 Å². The van der Waals surface area contributed by atoms with Crippen molar-refractivity contribution in [3.63, 3.8) is 0 Å². The van der Waals surface area contributed by atoms with Crippen molar-refractivity contribution in [3.8, 4) is 0 Å². The number of hydrogen-bond acceptors (Lipinski definition) is 3. The molecule has 1 aromatic carbocycles. The number of aryl methyl sites for hydroxylation is 2. The Balaban J connectivity index is 2.36. The first-order valence-corrected chi connectivity index (χ1v) is 6.21. The highest BCUT2D eigenvalue weighted by Gasteiger charge is 2.20. The molecular weight excluding hydrogens is 264 g/mol. The van der Waals surface area contributed by atoms with Gasteiger partial charge in [0, 0.05) is 5.56 Å². The lowest BCUT2D eigenvalue weighted by Crippen LogP contribution is -2.15. The third-order valence-electron chi connectivity index (χ3n) is 3.07. The molecule has 0 aliphatic heterocycles. The van der Waals surface area contributed by atoms with Crippen LogP contribution < -0.4 is 11.1 Å². The van der Waals surface area contributed by atoms with E-state index in [4.69, 9.17) is 21.8 Å². The average Bonchev–Trinajstić information content (AvgIpc) is 2.58. The maximum Gasteiger partial charge on any atom is 0.259 e. The number of furan rings is 1. The first-order chi connectivity index (χ1) is 8.91. The van der Waals surface area contributed by atoms with Crippen molar-refractivity contribution in [2.45, 2.75) is 20.8 Å². The Hall–Kier alpha value is -1.94. The predicted molar refractivity (Wildman–Crippen MR) is 76.7 cm³/mol. The smallest absolute Gasteiger partial charge is 0.259 e. The van der Waals surface area contributed by atoms with Crippen LogP contribution in [0, 0.1) is 20.8 Å². The molecule has 0 fully saturated rings. The SMILES string of the molecule is Cc1oc(C)c(C(=O)Nc2c(N)cccc2Cl)c1C. The maximum atomic E-state index is 12.3. The second-order valence-corrected chi connectivity index (χ2v) is 4.78. The normalized spacial score (nSPS) is 10.5. The maximum absolute atomic E-state index is 12.3. The average molecular weight is 279 g/mol. The van der Waals surface area contributed by atoms with E-state index in [2.05, 4.69) is 5.32 Å². The Morgan fingerprint density at radius 1 is 1.26 bits per heavy atom. The van der Waals surface area contributed by atoms with Gasteiger partial charge < -0.3 is 15.5 Å². The lowest BCUT2D eigenvalue weighted by Gasteiger charge is -2.10.